The summed E-state index contributed by atoms with van der Waals surface area (Å²) in [5, 5.41) is 13.9. The molecule has 0 amide bonds. The SMILES string of the molecule is Nc1ncn(-c2ccc3n[nH]c(=O)n3n2)n1. The van der Waals surface area contributed by atoms with E-state index in [1.807, 2.05) is 0 Å². The molecule has 0 aliphatic heterocycles. The summed E-state index contributed by atoms with van der Waals surface area (Å²) in [6.45, 7) is 0. The number of H-pyrrole nitrogens is 1. The average Bonchev–Trinajstić information content (AvgIpc) is 2.86. The first-order chi connectivity index (χ1) is 7.74. The molecule has 80 valence electrons. The van der Waals surface area contributed by atoms with Crippen LogP contribution in [0.2, 0.25) is 0 Å². The fraction of sp³-hybridized carbons (Fsp3) is 0. The van der Waals surface area contributed by atoms with Gasteiger partial charge in [0, 0.05) is 0 Å². The van der Waals surface area contributed by atoms with Crippen molar-refractivity contribution in [2.75, 3.05) is 5.73 Å². The Labute approximate surface area is 87.5 Å². The average molecular weight is 218 g/mol. The lowest BCUT2D eigenvalue weighted by Gasteiger charge is -1.97. The van der Waals surface area contributed by atoms with Gasteiger partial charge in [-0.15, -0.1) is 10.2 Å². The van der Waals surface area contributed by atoms with Gasteiger partial charge in [-0.25, -0.2) is 14.9 Å². The van der Waals surface area contributed by atoms with Crippen molar-refractivity contribution >= 4 is 11.6 Å². The molecule has 3 heterocycles. The maximum Gasteiger partial charge on any atom is 0.364 e. The second-order valence-corrected chi connectivity index (χ2v) is 3.04. The van der Waals surface area contributed by atoms with Crippen molar-refractivity contribution in [1.82, 2.24) is 34.6 Å². The van der Waals surface area contributed by atoms with Crippen LogP contribution in [-0.4, -0.2) is 34.6 Å². The van der Waals surface area contributed by atoms with Gasteiger partial charge in [0.25, 0.3) is 0 Å². The molecule has 9 heteroatoms. The van der Waals surface area contributed by atoms with Crippen LogP contribution in [-0.2, 0) is 0 Å². The quantitative estimate of drug-likeness (QED) is 0.517. The number of nitrogens with zero attached hydrogens (tertiary/aromatic N) is 6. The van der Waals surface area contributed by atoms with E-state index in [9.17, 15) is 4.79 Å². The van der Waals surface area contributed by atoms with Crippen LogP contribution in [0.5, 0.6) is 0 Å². The molecule has 0 spiro atoms. The van der Waals surface area contributed by atoms with E-state index in [1.165, 1.54) is 11.0 Å². The Bertz CT molecular complexity index is 706. The Hall–Kier alpha value is -2.71. The maximum absolute atomic E-state index is 11.3. The molecule has 0 aliphatic carbocycles. The number of aromatic nitrogens is 7. The summed E-state index contributed by atoms with van der Waals surface area (Å²) < 4.78 is 2.50. The van der Waals surface area contributed by atoms with Crippen LogP contribution in [0, 0.1) is 0 Å². The van der Waals surface area contributed by atoms with E-state index in [0.29, 0.717) is 11.5 Å². The maximum atomic E-state index is 11.3. The molecule has 0 fully saturated rings. The Balaban J connectivity index is 2.25. The molecule has 3 rings (SSSR count). The second kappa shape index (κ2) is 2.89. The third-order valence-electron chi connectivity index (χ3n) is 2.00. The number of rotatable bonds is 1. The highest BCUT2D eigenvalue weighted by Gasteiger charge is 2.05. The molecule has 9 nitrogen and oxygen atoms in total. The molecule has 0 radical (unpaired) electrons. The first kappa shape index (κ1) is 8.59. The van der Waals surface area contributed by atoms with Gasteiger partial charge in [0.1, 0.15) is 6.33 Å². The van der Waals surface area contributed by atoms with Gasteiger partial charge < -0.3 is 5.73 Å². The van der Waals surface area contributed by atoms with E-state index < -0.39 is 5.69 Å². The Morgan fingerprint density at radius 3 is 2.94 bits per heavy atom. The molecule has 0 unspecified atom stereocenters. The molecule has 3 N–H and O–H groups in total. The fourth-order valence-corrected chi connectivity index (χ4v) is 1.30. The first-order valence-corrected chi connectivity index (χ1v) is 4.36. The summed E-state index contributed by atoms with van der Waals surface area (Å²) in [5.74, 6) is 0.571. The molecule has 0 bridgehead atoms. The molecular formula is C7H6N8O. The summed E-state index contributed by atoms with van der Waals surface area (Å²) >= 11 is 0. The smallest absolute Gasteiger partial charge is 0.364 e. The van der Waals surface area contributed by atoms with Gasteiger partial charge in [0.15, 0.2) is 11.5 Å². The van der Waals surface area contributed by atoms with Crippen LogP contribution in [0.25, 0.3) is 11.5 Å². The third kappa shape index (κ3) is 1.15. The Kier molecular flexibility index (Phi) is 1.55. The van der Waals surface area contributed by atoms with E-state index in [4.69, 9.17) is 5.73 Å². The van der Waals surface area contributed by atoms with Crippen LogP contribution >= 0.6 is 0 Å². The topological polar surface area (TPSA) is 120 Å². The molecule has 0 aromatic carbocycles. The van der Waals surface area contributed by atoms with Crippen LogP contribution in [0.3, 0.4) is 0 Å². The molecular weight excluding hydrogens is 212 g/mol. The van der Waals surface area contributed by atoms with Gasteiger partial charge in [-0.2, -0.15) is 14.3 Å². The van der Waals surface area contributed by atoms with Crippen molar-refractivity contribution in [2.24, 2.45) is 0 Å². The van der Waals surface area contributed by atoms with E-state index in [1.54, 1.807) is 12.1 Å². The number of nitrogens with one attached hydrogen (secondary N) is 1. The minimum absolute atomic E-state index is 0.140. The third-order valence-corrected chi connectivity index (χ3v) is 2.00. The lowest BCUT2D eigenvalue weighted by atomic mass is 10.5. The predicted molar refractivity (Wildman–Crippen MR) is 52.9 cm³/mol. The van der Waals surface area contributed by atoms with Crippen molar-refractivity contribution in [2.45, 2.75) is 0 Å². The highest BCUT2D eigenvalue weighted by molar-refractivity contribution is 5.37. The number of fused-ring (bicyclic) bond motifs is 1. The lowest BCUT2D eigenvalue weighted by Crippen LogP contribution is -2.14. The standard InChI is InChI=1S/C7H6N8O/c8-6-9-3-14(13-6)5-2-1-4-10-11-7(16)15(4)12-5/h1-3H,(H2,8,13)(H,11,16). The number of hydrogen-bond donors (Lipinski definition) is 2. The van der Waals surface area contributed by atoms with Gasteiger partial charge in [-0.05, 0) is 12.1 Å². The molecule has 0 aliphatic rings. The molecule has 0 atom stereocenters. The molecule has 3 aromatic rings. The summed E-state index contributed by atoms with van der Waals surface area (Å²) in [7, 11) is 0. The normalized spacial score (nSPS) is 11.0. The number of anilines is 1. The van der Waals surface area contributed by atoms with Crippen LogP contribution in [0.15, 0.2) is 23.3 Å². The van der Waals surface area contributed by atoms with Gasteiger partial charge in [0.05, 0.1) is 0 Å². The largest absolute Gasteiger partial charge is 0.366 e. The number of nitrogens with two attached hydrogens (primary N) is 1. The van der Waals surface area contributed by atoms with Crippen LogP contribution in [0.1, 0.15) is 0 Å². The summed E-state index contributed by atoms with van der Waals surface area (Å²) in [5.41, 5.74) is 5.40. The predicted octanol–water partition coefficient (Wildman–Crippen LogP) is -1.42. The van der Waals surface area contributed by atoms with Crippen molar-refractivity contribution in [3.05, 3.63) is 28.9 Å². The van der Waals surface area contributed by atoms with Gasteiger partial charge >= 0.3 is 5.69 Å². The zero-order valence-electron chi connectivity index (χ0n) is 7.90. The zero-order valence-corrected chi connectivity index (χ0v) is 7.90. The van der Waals surface area contributed by atoms with Crippen molar-refractivity contribution in [1.29, 1.82) is 0 Å². The van der Waals surface area contributed by atoms with Gasteiger partial charge in [-0.1, -0.05) is 0 Å². The lowest BCUT2D eigenvalue weighted by molar-refractivity contribution is 0.779. The number of hydrogen-bond acceptors (Lipinski definition) is 6. The van der Waals surface area contributed by atoms with E-state index >= 15 is 0 Å². The molecule has 0 saturated carbocycles. The number of nitrogen functional groups attached to an aromatic ring is 1. The Morgan fingerprint density at radius 2 is 2.19 bits per heavy atom. The van der Waals surface area contributed by atoms with Crippen molar-refractivity contribution in [3.63, 3.8) is 0 Å². The van der Waals surface area contributed by atoms with E-state index in [0.717, 1.165) is 4.52 Å². The fourth-order valence-electron chi connectivity index (χ4n) is 1.30. The summed E-state index contributed by atoms with van der Waals surface area (Å²) in [6, 6.07) is 3.29. The first-order valence-electron chi connectivity index (χ1n) is 4.36. The minimum atomic E-state index is -0.412. The number of aromatic amines is 1. The highest BCUT2D eigenvalue weighted by atomic mass is 16.2. The second-order valence-electron chi connectivity index (χ2n) is 3.04. The highest BCUT2D eigenvalue weighted by Crippen LogP contribution is 2.03. The van der Waals surface area contributed by atoms with Crippen LogP contribution in [0.4, 0.5) is 5.95 Å². The molecule has 0 saturated heterocycles. The summed E-state index contributed by atoms with van der Waals surface area (Å²) in [6.07, 6.45) is 1.41. The zero-order chi connectivity index (χ0) is 11.1. The van der Waals surface area contributed by atoms with Gasteiger partial charge in [-0.3, -0.25) is 0 Å². The van der Waals surface area contributed by atoms with E-state index in [2.05, 4.69) is 25.4 Å². The molecule has 3 aromatic heterocycles. The minimum Gasteiger partial charge on any atom is -0.366 e. The van der Waals surface area contributed by atoms with Gasteiger partial charge in [0.2, 0.25) is 5.95 Å². The van der Waals surface area contributed by atoms with Crippen molar-refractivity contribution in [3.8, 4) is 5.82 Å². The molecule has 16 heavy (non-hydrogen) atoms. The Morgan fingerprint density at radius 1 is 1.31 bits per heavy atom. The monoisotopic (exact) mass is 218 g/mol. The summed E-state index contributed by atoms with van der Waals surface area (Å²) in [4.78, 5) is 15.0. The van der Waals surface area contributed by atoms with E-state index in [-0.39, 0.29) is 5.95 Å². The van der Waals surface area contributed by atoms with Crippen LogP contribution < -0.4 is 11.4 Å². The van der Waals surface area contributed by atoms with Crippen molar-refractivity contribution < 1.29 is 0 Å².